The molecule has 0 radical (unpaired) electrons. The maximum Gasteiger partial charge on any atom is 0.259 e. The van der Waals surface area contributed by atoms with E-state index < -0.39 is 0 Å². The van der Waals surface area contributed by atoms with E-state index in [-0.39, 0.29) is 5.91 Å². The van der Waals surface area contributed by atoms with Crippen molar-refractivity contribution < 1.29 is 9.53 Å². The van der Waals surface area contributed by atoms with Gasteiger partial charge in [-0.25, -0.2) is 0 Å². The third-order valence-electron chi connectivity index (χ3n) is 2.78. The monoisotopic (exact) mass is 306 g/mol. The van der Waals surface area contributed by atoms with Gasteiger partial charge in [0.1, 0.15) is 10.8 Å². The zero-order valence-electron chi connectivity index (χ0n) is 12.2. The van der Waals surface area contributed by atoms with Crippen molar-refractivity contribution in [3.8, 4) is 5.75 Å². The molecule has 0 bridgehead atoms. The Bertz CT molecular complexity index is 640. The van der Waals surface area contributed by atoms with Gasteiger partial charge in [0.25, 0.3) is 5.91 Å². The van der Waals surface area contributed by atoms with Crippen molar-refractivity contribution in [3.63, 3.8) is 0 Å². The lowest BCUT2D eigenvalue weighted by atomic mass is 10.1. The first-order valence-electron chi connectivity index (χ1n) is 6.57. The van der Waals surface area contributed by atoms with Gasteiger partial charge in [0.15, 0.2) is 0 Å². The first-order valence-corrected chi connectivity index (χ1v) is 7.38. The number of amides is 1. The summed E-state index contributed by atoms with van der Waals surface area (Å²) in [4.78, 5) is 12.2. The molecule has 1 amide bonds. The summed E-state index contributed by atoms with van der Waals surface area (Å²) in [6.45, 7) is 4.22. The molecule has 0 fully saturated rings. The molecule has 0 aliphatic heterocycles. The van der Waals surface area contributed by atoms with Gasteiger partial charge in [-0.3, -0.25) is 10.1 Å². The molecule has 0 aliphatic carbocycles. The number of carbonyl (C=O) groups is 1. The Morgan fingerprint density at radius 1 is 1.43 bits per heavy atom. The zero-order valence-corrected chi connectivity index (χ0v) is 13.0. The van der Waals surface area contributed by atoms with Crippen LogP contribution in [-0.2, 0) is 6.42 Å². The first kappa shape index (κ1) is 15.2. The molecule has 1 aromatic carbocycles. The number of rotatable bonds is 5. The van der Waals surface area contributed by atoms with Gasteiger partial charge in [0.05, 0.1) is 12.7 Å². The van der Waals surface area contributed by atoms with Crippen molar-refractivity contribution in [2.75, 3.05) is 18.2 Å². The second-order valence-corrected chi connectivity index (χ2v) is 6.07. The van der Waals surface area contributed by atoms with Gasteiger partial charge in [-0.1, -0.05) is 25.2 Å². The summed E-state index contributed by atoms with van der Waals surface area (Å²) in [5, 5.41) is 12.1. The quantitative estimate of drug-likeness (QED) is 0.829. The van der Waals surface area contributed by atoms with Crippen LogP contribution in [0.15, 0.2) is 18.2 Å². The van der Waals surface area contributed by atoms with E-state index in [2.05, 4.69) is 29.4 Å². The summed E-state index contributed by atoms with van der Waals surface area (Å²) >= 11 is 1.37. The number of benzene rings is 1. The Kier molecular flexibility index (Phi) is 4.74. The topological polar surface area (TPSA) is 90.1 Å². The number of ether oxygens (including phenoxy) is 1. The lowest BCUT2D eigenvalue weighted by molar-refractivity contribution is 0.102. The SMILES string of the molecule is COc1ccc(N)c(C(=O)Nc2nnc(CC(C)C)s2)c1. The van der Waals surface area contributed by atoms with Gasteiger partial charge in [0, 0.05) is 12.1 Å². The normalized spacial score (nSPS) is 10.7. The fraction of sp³-hybridized carbons (Fsp3) is 0.357. The molecule has 3 N–H and O–H groups in total. The summed E-state index contributed by atoms with van der Waals surface area (Å²) in [6, 6.07) is 4.94. The molecular weight excluding hydrogens is 288 g/mol. The summed E-state index contributed by atoms with van der Waals surface area (Å²) in [7, 11) is 1.54. The third kappa shape index (κ3) is 3.91. The third-order valence-corrected chi connectivity index (χ3v) is 3.64. The Morgan fingerprint density at radius 2 is 2.19 bits per heavy atom. The number of hydrogen-bond acceptors (Lipinski definition) is 6. The molecule has 21 heavy (non-hydrogen) atoms. The molecule has 0 aliphatic rings. The Labute approximate surface area is 127 Å². The van der Waals surface area contributed by atoms with Crippen molar-refractivity contribution in [3.05, 3.63) is 28.8 Å². The number of hydrogen-bond donors (Lipinski definition) is 2. The van der Waals surface area contributed by atoms with Crippen LogP contribution in [0.5, 0.6) is 5.75 Å². The number of nitrogens with one attached hydrogen (secondary N) is 1. The summed E-state index contributed by atoms with van der Waals surface area (Å²) in [6.07, 6.45) is 0.842. The van der Waals surface area contributed by atoms with Crippen LogP contribution >= 0.6 is 11.3 Å². The van der Waals surface area contributed by atoms with Gasteiger partial charge in [-0.2, -0.15) is 0 Å². The molecule has 1 heterocycles. The van der Waals surface area contributed by atoms with Crippen LogP contribution in [0.1, 0.15) is 29.2 Å². The van der Waals surface area contributed by atoms with E-state index >= 15 is 0 Å². The molecule has 6 nitrogen and oxygen atoms in total. The van der Waals surface area contributed by atoms with Crippen LogP contribution in [-0.4, -0.2) is 23.2 Å². The van der Waals surface area contributed by atoms with Crippen molar-refractivity contribution in [2.24, 2.45) is 5.92 Å². The summed E-state index contributed by atoms with van der Waals surface area (Å²) in [5.74, 6) is 0.751. The number of nitrogen functional groups attached to an aromatic ring is 1. The average molecular weight is 306 g/mol. The molecule has 0 unspecified atom stereocenters. The highest BCUT2D eigenvalue weighted by Crippen LogP contribution is 2.23. The second kappa shape index (κ2) is 6.53. The van der Waals surface area contributed by atoms with E-state index in [4.69, 9.17) is 10.5 Å². The second-order valence-electron chi connectivity index (χ2n) is 5.01. The molecule has 0 atom stereocenters. The Morgan fingerprint density at radius 3 is 2.86 bits per heavy atom. The van der Waals surface area contributed by atoms with E-state index in [1.807, 2.05) is 0 Å². The molecule has 0 spiro atoms. The van der Waals surface area contributed by atoms with Crippen molar-refractivity contribution in [2.45, 2.75) is 20.3 Å². The molecule has 1 aromatic heterocycles. The minimum atomic E-state index is -0.321. The smallest absolute Gasteiger partial charge is 0.259 e. The van der Waals surface area contributed by atoms with Crippen LogP contribution in [0, 0.1) is 5.92 Å². The average Bonchev–Trinajstić information content (AvgIpc) is 2.85. The van der Waals surface area contributed by atoms with Crippen molar-refractivity contribution in [1.29, 1.82) is 0 Å². The molecule has 0 saturated carbocycles. The predicted molar refractivity (Wildman–Crippen MR) is 83.8 cm³/mol. The van der Waals surface area contributed by atoms with E-state index in [9.17, 15) is 4.79 Å². The predicted octanol–water partition coefficient (Wildman–Crippen LogP) is 2.58. The lowest BCUT2D eigenvalue weighted by Gasteiger charge is -2.07. The number of anilines is 2. The number of nitrogens with two attached hydrogens (primary N) is 1. The number of methoxy groups -OCH3 is 1. The largest absolute Gasteiger partial charge is 0.497 e. The standard InChI is InChI=1S/C14H18N4O2S/c1-8(2)6-12-17-18-14(21-12)16-13(19)10-7-9(20-3)4-5-11(10)15/h4-5,7-8H,6,15H2,1-3H3,(H,16,18,19). The van der Waals surface area contributed by atoms with Gasteiger partial charge < -0.3 is 10.5 Å². The molecule has 7 heteroatoms. The van der Waals surface area contributed by atoms with E-state index in [0.29, 0.717) is 28.0 Å². The minimum absolute atomic E-state index is 0.321. The van der Waals surface area contributed by atoms with Gasteiger partial charge >= 0.3 is 0 Å². The fourth-order valence-electron chi connectivity index (χ4n) is 1.76. The van der Waals surface area contributed by atoms with Gasteiger partial charge in [-0.05, 0) is 24.1 Å². The van der Waals surface area contributed by atoms with Crippen molar-refractivity contribution >= 4 is 28.1 Å². The number of nitrogens with zero attached hydrogens (tertiary/aromatic N) is 2. The summed E-state index contributed by atoms with van der Waals surface area (Å²) in [5.41, 5.74) is 6.57. The van der Waals surface area contributed by atoms with Crippen LogP contribution < -0.4 is 15.8 Å². The molecular formula is C14H18N4O2S. The first-order chi connectivity index (χ1) is 9.99. The highest BCUT2D eigenvalue weighted by Gasteiger charge is 2.14. The highest BCUT2D eigenvalue weighted by molar-refractivity contribution is 7.15. The molecule has 2 aromatic rings. The maximum atomic E-state index is 12.2. The van der Waals surface area contributed by atoms with E-state index in [1.54, 1.807) is 18.2 Å². The number of carbonyl (C=O) groups excluding carboxylic acids is 1. The van der Waals surface area contributed by atoms with E-state index in [1.165, 1.54) is 18.4 Å². The molecule has 0 saturated heterocycles. The zero-order chi connectivity index (χ0) is 15.4. The number of aromatic nitrogens is 2. The van der Waals surface area contributed by atoms with Gasteiger partial charge in [-0.15, -0.1) is 10.2 Å². The fourth-order valence-corrected chi connectivity index (χ4v) is 2.71. The minimum Gasteiger partial charge on any atom is -0.497 e. The van der Waals surface area contributed by atoms with Crippen LogP contribution in [0.2, 0.25) is 0 Å². The molecule has 2 rings (SSSR count). The van der Waals surface area contributed by atoms with Crippen LogP contribution in [0.3, 0.4) is 0 Å². The van der Waals surface area contributed by atoms with Gasteiger partial charge in [0.2, 0.25) is 5.13 Å². The highest BCUT2D eigenvalue weighted by atomic mass is 32.1. The summed E-state index contributed by atoms with van der Waals surface area (Å²) < 4.78 is 5.10. The van der Waals surface area contributed by atoms with E-state index in [0.717, 1.165) is 11.4 Å². The van der Waals surface area contributed by atoms with Crippen LogP contribution in [0.4, 0.5) is 10.8 Å². The lowest BCUT2D eigenvalue weighted by Crippen LogP contribution is -2.14. The molecule has 112 valence electrons. The maximum absolute atomic E-state index is 12.2. The Hall–Kier alpha value is -2.15. The van der Waals surface area contributed by atoms with Crippen molar-refractivity contribution in [1.82, 2.24) is 10.2 Å². The Balaban J connectivity index is 2.12. The van der Waals surface area contributed by atoms with Crippen LogP contribution in [0.25, 0.3) is 0 Å².